The Hall–Kier alpha value is -1.78. The largest absolute Gasteiger partial charge is 0.345 e. The summed E-state index contributed by atoms with van der Waals surface area (Å²) in [6.07, 6.45) is 1.20. The Morgan fingerprint density at radius 3 is 2.87 bits per heavy atom. The minimum Gasteiger partial charge on any atom is -0.345 e. The van der Waals surface area contributed by atoms with Crippen LogP contribution in [0, 0.1) is 6.92 Å². The molecule has 8 nitrogen and oxygen atoms in total. The van der Waals surface area contributed by atoms with E-state index in [0.717, 1.165) is 10.7 Å². The highest BCUT2D eigenvalue weighted by atomic mass is 32.2. The Morgan fingerprint density at radius 2 is 2.22 bits per heavy atom. The number of rotatable bonds is 4. The van der Waals surface area contributed by atoms with Crippen molar-refractivity contribution in [1.82, 2.24) is 24.4 Å². The molecule has 1 amide bonds. The minimum atomic E-state index is -3.20. The molecule has 0 unspecified atom stereocenters. The molecular weight excluding hydrogens is 338 g/mol. The number of aryl methyl sites for hydroxylation is 1. The summed E-state index contributed by atoms with van der Waals surface area (Å²) < 4.78 is 26.4. The first-order chi connectivity index (χ1) is 10.8. The fourth-order valence-electron chi connectivity index (χ4n) is 2.40. The van der Waals surface area contributed by atoms with Gasteiger partial charge >= 0.3 is 0 Å². The number of fused-ring (bicyclic) bond motifs is 1. The fraction of sp³-hybridized carbons (Fsp3) is 0.462. The van der Waals surface area contributed by atoms with Gasteiger partial charge in [-0.2, -0.15) is 9.40 Å². The average molecular weight is 355 g/mol. The van der Waals surface area contributed by atoms with Gasteiger partial charge in [-0.1, -0.05) is 0 Å². The van der Waals surface area contributed by atoms with Gasteiger partial charge in [0, 0.05) is 11.9 Å². The first-order valence-corrected chi connectivity index (χ1v) is 9.77. The zero-order valence-electron chi connectivity index (χ0n) is 12.8. The van der Waals surface area contributed by atoms with E-state index in [1.165, 1.54) is 21.9 Å². The molecule has 2 aromatic heterocycles. The lowest BCUT2D eigenvalue weighted by molar-refractivity contribution is 0.0946. The molecule has 3 rings (SSSR count). The molecule has 0 saturated heterocycles. The predicted molar refractivity (Wildman–Crippen MR) is 85.5 cm³/mol. The quantitative estimate of drug-likeness (QED) is 0.854. The summed E-state index contributed by atoms with van der Waals surface area (Å²) in [5.41, 5.74) is 1.94. The van der Waals surface area contributed by atoms with E-state index in [1.807, 2.05) is 13.0 Å². The Labute approximate surface area is 138 Å². The minimum absolute atomic E-state index is 0.238. The summed E-state index contributed by atoms with van der Waals surface area (Å²) in [6.45, 7) is 3.37. The lowest BCUT2D eigenvalue weighted by Crippen LogP contribution is -2.37. The lowest BCUT2D eigenvalue weighted by atomic mass is 10.3. The van der Waals surface area contributed by atoms with Crippen molar-refractivity contribution in [3.05, 3.63) is 33.5 Å². The van der Waals surface area contributed by atoms with Crippen molar-refractivity contribution in [2.24, 2.45) is 0 Å². The smallest absolute Gasteiger partial charge is 0.271 e. The van der Waals surface area contributed by atoms with Gasteiger partial charge in [-0.3, -0.25) is 9.48 Å². The zero-order valence-corrected chi connectivity index (χ0v) is 14.4. The summed E-state index contributed by atoms with van der Waals surface area (Å²) in [4.78, 5) is 16.1. The molecule has 0 atom stereocenters. The van der Waals surface area contributed by atoms with Crippen LogP contribution in [0.5, 0.6) is 0 Å². The van der Waals surface area contributed by atoms with Gasteiger partial charge < -0.3 is 5.32 Å². The maximum atomic E-state index is 12.0. The Morgan fingerprint density at radius 1 is 1.43 bits per heavy atom. The number of nitrogens with one attached hydrogen (secondary N) is 1. The van der Waals surface area contributed by atoms with E-state index >= 15 is 0 Å². The summed E-state index contributed by atoms with van der Waals surface area (Å²) in [6, 6.07) is 1.82. The van der Waals surface area contributed by atoms with Crippen LogP contribution in [0.25, 0.3) is 0 Å². The third-order valence-corrected chi connectivity index (χ3v) is 5.59. The predicted octanol–water partition coefficient (Wildman–Crippen LogP) is 0.353. The summed E-state index contributed by atoms with van der Waals surface area (Å²) in [5, 5.41) is 9.73. The van der Waals surface area contributed by atoms with E-state index in [9.17, 15) is 13.2 Å². The summed E-state index contributed by atoms with van der Waals surface area (Å²) >= 11 is 1.42. The molecule has 2 aromatic rings. The van der Waals surface area contributed by atoms with Crippen LogP contribution >= 0.6 is 11.3 Å². The number of nitrogens with zero attached hydrogens (tertiary/aromatic N) is 4. The first-order valence-electron chi connectivity index (χ1n) is 7.04. The Bertz CT molecular complexity index is 840. The van der Waals surface area contributed by atoms with E-state index in [0.29, 0.717) is 31.0 Å². The number of sulfonamides is 1. The Kier molecular flexibility index (Phi) is 4.21. The van der Waals surface area contributed by atoms with Crippen molar-refractivity contribution in [1.29, 1.82) is 0 Å². The van der Waals surface area contributed by atoms with Crippen molar-refractivity contribution >= 4 is 27.3 Å². The molecule has 0 saturated carbocycles. The van der Waals surface area contributed by atoms with Crippen molar-refractivity contribution in [3.8, 4) is 0 Å². The highest BCUT2D eigenvalue weighted by Gasteiger charge is 2.24. The monoisotopic (exact) mass is 355 g/mol. The molecule has 0 aliphatic carbocycles. The highest BCUT2D eigenvalue weighted by Crippen LogP contribution is 2.16. The normalized spacial score (nSPS) is 15.4. The Balaban J connectivity index is 1.65. The maximum absolute atomic E-state index is 12.0. The number of carbonyl (C=O) groups is 1. The number of carbonyl (C=O) groups excluding carboxylic acids is 1. The van der Waals surface area contributed by atoms with Crippen LogP contribution in [-0.4, -0.2) is 46.2 Å². The molecule has 0 spiro atoms. The molecule has 1 aliphatic heterocycles. The molecule has 0 fully saturated rings. The second-order valence-electron chi connectivity index (χ2n) is 5.38. The molecular formula is C13H17N5O3S2. The standard InChI is InChI=1S/C13H17N5O3S2/c1-9-15-12(8-22-9)13(19)14-6-10-5-11-7-17(23(2,20)21)3-4-18(11)16-10/h5,8H,3-4,6-7H2,1-2H3,(H,14,19). The average Bonchev–Trinajstić information content (AvgIpc) is 3.08. The van der Waals surface area contributed by atoms with Crippen molar-refractivity contribution in [3.63, 3.8) is 0 Å². The molecule has 3 heterocycles. The maximum Gasteiger partial charge on any atom is 0.271 e. The molecule has 0 aromatic carbocycles. The lowest BCUT2D eigenvalue weighted by Gasteiger charge is -2.25. The second-order valence-corrected chi connectivity index (χ2v) is 8.43. The molecule has 124 valence electrons. The number of hydrogen-bond donors (Lipinski definition) is 1. The van der Waals surface area contributed by atoms with Gasteiger partial charge in [0.1, 0.15) is 5.69 Å². The van der Waals surface area contributed by atoms with Gasteiger partial charge in [0.15, 0.2) is 0 Å². The van der Waals surface area contributed by atoms with Crippen molar-refractivity contribution in [2.45, 2.75) is 26.6 Å². The summed E-state index contributed by atoms with van der Waals surface area (Å²) in [5.74, 6) is -0.238. The number of amides is 1. The van der Waals surface area contributed by atoms with Crippen molar-refractivity contribution in [2.75, 3.05) is 12.8 Å². The third kappa shape index (κ3) is 3.59. The van der Waals surface area contributed by atoms with Crippen LogP contribution in [0.15, 0.2) is 11.4 Å². The molecule has 0 bridgehead atoms. The van der Waals surface area contributed by atoms with Crippen LogP contribution in [0.3, 0.4) is 0 Å². The van der Waals surface area contributed by atoms with Crippen LogP contribution in [0.2, 0.25) is 0 Å². The topological polar surface area (TPSA) is 97.2 Å². The van der Waals surface area contributed by atoms with Crippen LogP contribution < -0.4 is 5.32 Å². The SMILES string of the molecule is Cc1nc(C(=O)NCc2cc3n(n2)CCN(S(C)(=O)=O)C3)cs1. The van der Waals surface area contributed by atoms with E-state index in [2.05, 4.69) is 15.4 Å². The molecule has 1 aliphatic rings. The number of thiazole rings is 1. The van der Waals surface area contributed by atoms with E-state index in [4.69, 9.17) is 0 Å². The second kappa shape index (κ2) is 6.02. The molecule has 23 heavy (non-hydrogen) atoms. The van der Waals surface area contributed by atoms with Crippen LogP contribution in [0.4, 0.5) is 0 Å². The zero-order chi connectivity index (χ0) is 16.6. The molecule has 0 radical (unpaired) electrons. The van der Waals surface area contributed by atoms with E-state index < -0.39 is 10.0 Å². The molecule has 10 heteroatoms. The van der Waals surface area contributed by atoms with Gasteiger partial charge in [0.05, 0.1) is 42.3 Å². The first kappa shape index (κ1) is 16.1. The van der Waals surface area contributed by atoms with Gasteiger partial charge in [-0.05, 0) is 13.0 Å². The van der Waals surface area contributed by atoms with Gasteiger partial charge in [-0.25, -0.2) is 13.4 Å². The van der Waals surface area contributed by atoms with Crippen molar-refractivity contribution < 1.29 is 13.2 Å². The third-order valence-electron chi connectivity index (χ3n) is 3.56. The number of aromatic nitrogens is 3. The van der Waals surface area contributed by atoms with E-state index in [-0.39, 0.29) is 12.5 Å². The molecule has 1 N–H and O–H groups in total. The summed E-state index contributed by atoms with van der Waals surface area (Å²) in [7, 11) is -3.20. The van der Waals surface area contributed by atoms with Crippen LogP contribution in [0.1, 0.15) is 26.9 Å². The van der Waals surface area contributed by atoms with Gasteiger partial charge in [0.2, 0.25) is 10.0 Å². The fourth-order valence-corrected chi connectivity index (χ4v) is 3.77. The highest BCUT2D eigenvalue weighted by molar-refractivity contribution is 7.88. The van der Waals surface area contributed by atoms with Crippen LogP contribution in [-0.2, 0) is 29.7 Å². The van der Waals surface area contributed by atoms with Gasteiger partial charge in [-0.15, -0.1) is 11.3 Å². The van der Waals surface area contributed by atoms with E-state index in [1.54, 1.807) is 10.1 Å². The van der Waals surface area contributed by atoms with Gasteiger partial charge in [0.25, 0.3) is 5.91 Å². The number of hydrogen-bond acceptors (Lipinski definition) is 6.